The van der Waals surface area contributed by atoms with Gasteiger partial charge in [-0.3, -0.25) is 10.1 Å². The van der Waals surface area contributed by atoms with Crippen LogP contribution < -0.4 is 14.8 Å². The summed E-state index contributed by atoms with van der Waals surface area (Å²) in [6.45, 7) is 0.739. The molecule has 1 aliphatic heterocycles. The molecule has 0 radical (unpaired) electrons. The molecule has 138 valence electrons. The van der Waals surface area contributed by atoms with Crippen molar-refractivity contribution < 1.29 is 19.4 Å². The summed E-state index contributed by atoms with van der Waals surface area (Å²) in [4.78, 5) is 11.2. The Balaban J connectivity index is 1.67. The summed E-state index contributed by atoms with van der Waals surface area (Å²) in [6.07, 6.45) is 0. The largest absolute Gasteiger partial charge is 0.490 e. The van der Waals surface area contributed by atoms with Crippen LogP contribution in [0.3, 0.4) is 0 Å². The van der Waals surface area contributed by atoms with Gasteiger partial charge in [-0.25, -0.2) is 0 Å². The molecule has 1 saturated heterocycles. The number of hydrogen-bond acceptors (Lipinski definition) is 5. The minimum absolute atomic E-state index is 0.198. The number of carbonyl (C=O) groups is 1. The molecular weight excluding hydrogens is 442 g/mol. The zero-order valence-electron chi connectivity index (χ0n) is 13.7. The van der Waals surface area contributed by atoms with Gasteiger partial charge in [-0.1, -0.05) is 29.8 Å². The normalized spacial score (nSPS) is 19.3. The predicted molar refractivity (Wildman–Crippen MR) is 106 cm³/mol. The van der Waals surface area contributed by atoms with Crippen molar-refractivity contribution in [3.63, 3.8) is 0 Å². The Morgan fingerprint density at radius 3 is 2.69 bits per heavy atom. The number of hydrogen-bond donors (Lipinski definition) is 2. The first kappa shape index (κ1) is 19.4. The van der Waals surface area contributed by atoms with E-state index >= 15 is 0 Å². The molecule has 8 heteroatoms. The van der Waals surface area contributed by atoms with Crippen LogP contribution in [-0.4, -0.2) is 36.1 Å². The van der Waals surface area contributed by atoms with E-state index in [2.05, 4.69) is 21.2 Å². The second kappa shape index (κ2) is 8.99. The number of aliphatic carboxylic acids is 1. The molecule has 1 aliphatic rings. The third kappa shape index (κ3) is 4.85. The van der Waals surface area contributed by atoms with Gasteiger partial charge in [-0.2, -0.15) is 0 Å². The van der Waals surface area contributed by atoms with E-state index in [-0.39, 0.29) is 5.37 Å². The molecule has 2 atom stereocenters. The van der Waals surface area contributed by atoms with Crippen LogP contribution in [0.1, 0.15) is 10.9 Å². The van der Waals surface area contributed by atoms with Gasteiger partial charge in [0.2, 0.25) is 0 Å². The molecule has 2 aromatic carbocycles. The summed E-state index contributed by atoms with van der Waals surface area (Å²) in [5.74, 6) is 1.05. The van der Waals surface area contributed by atoms with Gasteiger partial charge in [0.15, 0.2) is 0 Å². The molecule has 0 aliphatic carbocycles. The summed E-state index contributed by atoms with van der Waals surface area (Å²) < 4.78 is 12.3. The fourth-order valence-electron chi connectivity index (χ4n) is 2.54. The SMILES string of the molecule is O=C(O)C1CSC(c2cc(Cl)cc(Br)c2OCCOc2ccccc2)N1. The van der Waals surface area contributed by atoms with E-state index in [0.717, 1.165) is 15.8 Å². The second-order valence-electron chi connectivity index (χ2n) is 5.59. The summed E-state index contributed by atoms with van der Waals surface area (Å²) in [7, 11) is 0. The maximum atomic E-state index is 11.2. The molecule has 0 amide bonds. The Morgan fingerprint density at radius 2 is 2.00 bits per heavy atom. The van der Waals surface area contributed by atoms with Crippen molar-refractivity contribution in [2.75, 3.05) is 19.0 Å². The Labute approximate surface area is 169 Å². The summed E-state index contributed by atoms with van der Waals surface area (Å²) >= 11 is 11.2. The van der Waals surface area contributed by atoms with Crippen LogP contribution in [0.4, 0.5) is 0 Å². The lowest BCUT2D eigenvalue weighted by atomic mass is 10.2. The standard InChI is InChI=1S/C18H17BrClNO4S/c19-14-9-11(20)8-13(17-21-15(10-26-17)18(22)23)16(14)25-7-6-24-12-4-2-1-3-5-12/h1-5,8-9,15,17,21H,6-7,10H2,(H,22,23). The molecule has 0 aromatic heterocycles. The van der Waals surface area contributed by atoms with Gasteiger partial charge in [0.05, 0.1) is 9.85 Å². The van der Waals surface area contributed by atoms with Crippen molar-refractivity contribution in [1.29, 1.82) is 0 Å². The molecule has 2 unspecified atom stereocenters. The van der Waals surface area contributed by atoms with E-state index in [4.69, 9.17) is 21.1 Å². The number of rotatable bonds is 7. The number of thioether (sulfide) groups is 1. The highest BCUT2D eigenvalue weighted by Gasteiger charge is 2.32. The average molecular weight is 459 g/mol. The van der Waals surface area contributed by atoms with Crippen LogP contribution in [0.25, 0.3) is 0 Å². The summed E-state index contributed by atoms with van der Waals surface area (Å²) in [5.41, 5.74) is 0.817. The van der Waals surface area contributed by atoms with Crippen LogP contribution in [0.2, 0.25) is 5.02 Å². The molecule has 0 saturated carbocycles. The van der Waals surface area contributed by atoms with Crippen molar-refractivity contribution in [2.45, 2.75) is 11.4 Å². The lowest BCUT2D eigenvalue weighted by Crippen LogP contribution is -2.33. The van der Waals surface area contributed by atoms with Gasteiger partial charge in [-0.15, -0.1) is 11.8 Å². The number of halogens is 2. The molecule has 0 spiro atoms. The fraction of sp³-hybridized carbons (Fsp3) is 0.278. The lowest BCUT2D eigenvalue weighted by molar-refractivity contribution is -0.138. The van der Waals surface area contributed by atoms with Crippen molar-refractivity contribution in [1.82, 2.24) is 5.32 Å². The first-order valence-corrected chi connectivity index (χ1v) is 10.2. The van der Waals surface area contributed by atoms with E-state index in [1.165, 1.54) is 11.8 Å². The summed E-state index contributed by atoms with van der Waals surface area (Å²) in [6, 6.07) is 12.5. The zero-order valence-corrected chi connectivity index (χ0v) is 16.8. The molecule has 2 aromatic rings. The van der Waals surface area contributed by atoms with E-state index in [1.54, 1.807) is 12.1 Å². The molecule has 5 nitrogen and oxygen atoms in total. The smallest absolute Gasteiger partial charge is 0.321 e. The summed E-state index contributed by atoms with van der Waals surface area (Å²) in [5, 5.41) is 12.6. The van der Waals surface area contributed by atoms with E-state index in [1.807, 2.05) is 30.3 Å². The monoisotopic (exact) mass is 457 g/mol. The number of carboxylic acids is 1. The van der Waals surface area contributed by atoms with Crippen molar-refractivity contribution in [2.24, 2.45) is 0 Å². The zero-order chi connectivity index (χ0) is 18.5. The molecule has 3 rings (SSSR count). The van der Waals surface area contributed by atoms with Crippen LogP contribution >= 0.6 is 39.3 Å². The Morgan fingerprint density at radius 1 is 1.27 bits per heavy atom. The minimum atomic E-state index is -0.861. The maximum absolute atomic E-state index is 11.2. The molecule has 0 bridgehead atoms. The van der Waals surface area contributed by atoms with Crippen molar-refractivity contribution in [3.8, 4) is 11.5 Å². The topological polar surface area (TPSA) is 67.8 Å². The van der Waals surface area contributed by atoms with Gasteiger partial charge in [0.25, 0.3) is 0 Å². The quantitative estimate of drug-likeness (QED) is 0.601. The minimum Gasteiger partial charge on any atom is -0.490 e. The Hall–Kier alpha value is -1.41. The van der Waals surface area contributed by atoms with Crippen LogP contribution in [-0.2, 0) is 4.79 Å². The van der Waals surface area contributed by atoms with Gasteiger partial charge in [-0.05, 0) is 40.2 Å². The highest BCUT2D eigenvalue weighted by atomic mass is 79.9. The third-order valence-electron chi connectivity index (χ3n) is 3.74. The van der Waals surface area contributed by atoms with Gasteiger partial charge in [0.1, 0.15) is 30.8 Å². The molecule has 26 heavy (non-hydrogen) atoms. The molecule has 2 N–H and O–H groups in total. The number of ether oxygens (including phenoxy) is 2. The predicted octanol–water partition coefficient (Wildman–Crippen LogP) is 4.35. The number of para-hydroxylation sites is 1. The molecule has 1 heterocycles. The van der Waals surface area contributed by atoms with Crippen LogP contribution in [0.5, 0.6) is 11.5 Å². The van der Waals surface area contributed by atoms with Gasteiger partial charge < -0.3 is 14.6 Å². The Bertz CT molecular complexity index is 777. The highest BCUT2D eigenvalue weighted by molar-refractivity contribution is 9.10. The first-order valence-electron chi connectivity index (χ1n) is 7.94. The number of carboxylic acid groups (broad SMARTS) is 1. The van der Waals surface area contributed by atoms with E-state index in [0.29, 0.717) is 29.7 Å². The fourth-order valence-corrected chi connectivity index (χ4v) is 4.73. The average Bonchev–Trinajstić information content (AvgIpc) is 3.11. The number of nitrogens with one attached hydrogen (secondary N) is 1. The lowest BCUT2D eigenvalue weighted by Gasteiger charge is -2.19. The second-order valence-corrected chi connectivity index (χ2v) is 8.02. The van der Waals surface area contributed by atoms with Gasteiger partial charge in [0, 0.05) is 16.3 Å². The maximum Gasteiger partial charge on any atom is 0.321 e. The van der Waals surface area contributed by atoms with Gasteiger partial charge >= 0.3 is 5.97 Å². The van der Waals surface area contributed by atoms with Crippen molar-refractivity contribution >= 4 is 45.3 Å². The van der Waals surface area contributed by atoms with E-state index < -0.39 is 12.0 Å². The van der Waals surface area contributed by atoms with Crippen LogP contribution in [0.15, 0.2) is 46.9 Å². The highest BCUT2D eigenvalue weighted by Crippen LogP contribution is 2.42. The van der Waals surface area contributed by atoms with Crippen LogP contribution in [0, 0.1) is 0 Å². The molecular formula is C18H17BrClNO4S. The number of benzene rings is 2. The van der Waals surface area contributed by atoms with Crippen molar-refractivity contribution in [3.05, 3.63) is 57.5 Å². The Kier molecular flexibility index (Phi) is 6.69. The van der Waals surface area contributed by atoms with E-state index in [9.17, 15) is 9.90 Å². The third-order valence-corrected chi connectivity index (χ3v) is 5.80. The molecule has 1 fully saturated rings. The first-order chi connectivity index (χ1) is 12.5.